The summed E-state index contributed by atoms with van der Waals surface area (Å²) in [7, 11) is 0. The maximum atomic E-state index is 5.38. The van der Waals surface area contributed by atoms with Crippen molar-refractivity contribution in [2.24, 2.45) is 0 Å². The van der Waals surface area contributed by atoms with Gasteiger partial charge in [-0.2, -0.15) is 0 Å². The van der Waals surface area contributed by atoms with E-state index in [1.165, 1.54) is 26.9 Å². The first-order valence-electron chi connectivity index (χ1n) is 28.3. The van der Waals surface area contributed by atoms with Gasteiger partial charge >= 0.3 is 0 Å². The molecule has 0 aliphatic carbocycles. The van der Waals surface area contributed by atoms with Crippen LogP contribution in [-0.4, -0.2) is 29.9 Å². The van der Waals surface area contributed by atoms with Crippen LogP contribution in [-0.2, 0) is 0 Å². The summed E-state index contributed by atoms with van der Waals surface area (Å²) in [5.74, 6) is 1.34. The molecule has 0 saturated carbocycles. The zero-order valence-corrected chi connectivity index (χ0v) is 45.4. The lowest BCUT2D eigenvalue weighted by molar-refractivity contribution is 1.19. The lowest BCUT2D eigenvalue weighted by Gasteiger charge is -2.14. The fourth-order valence-corrected chi connectivity index (χ4v) is 12.2. The molecule has 84 heavy (non-hydrogen) atoms. The van der Waals surface area contributed by atoms with Gasteiger partial charge in [-0.3, -0.25) is 9.97 Å². The topological polar surface area (TPSA) is 77.3 Å². The third-order valence-electron chi connectivity index (χ3n) is 16.4. The van der Waals surface area contributed by atoms with Crippen LogP contribution in [0.4, 0.5) is 0 Å². The van der Waals surface area contributed by atoms with Gasteiger partial charge in [-0.15, -0.1) is 0 Å². The first kappa shape index (κ1) is 48.6. The van der Waals surface area contributed by atoms with Gasteiger partial charge in [-0.1, -0.05) is 249 Å². The SMILES string of the molecule is c1ccc2c(-c3ccc(-c4cc(-c5ccc(-c6ccc(-c7cc(-c8ccc(-c9nccc%10ccccc9%10)cc8)nc(-c8cc9ccccc9c9ccccc89)n7)cc6)cc5)nc(-c5cccc6c5ccc5ccccc56)n4)cc3)nccc2c1. The average molecular weight is 1070 g/mol. The van der Waals surface area contributed by atoms with E-state index in [1.54, 1.807) is 0 Å². The Morgan fingerprint density at radius 1 is 0.190 bits per heavy atom. The van der Waals surface area contributed by atoms with Crippen LogP contribution in [0.3, 0.4) is 0 Å². The summed E-state index contributed by atoms with van der Waals surface area (Å²) in [5, 5.41) is 13.9. The molecule has 16 aromatic rings. The van der Waals surface area contributed by atoms with Crippen molar-refractivity contribution >= 4 is 64.6 Å². The molecule has 0 aliphatic rings. The minimum absolute atomic E-state index is 0.669. The first-order chi connectivity index (χ1) is 41.6. The van der Waals surface area contributed by atoms with Crippen molar-refractivity contribution in [3.63, 3.8) is 0 Å². The van der Waals surface area contributed by atoms with Gasteiger partial charge in [0.1, 0.15) is 0 Å². The number of fused-ring (bicyclic) bond motifs is 8. The summed E-state index contributed by atoms with van der Waals surface area (Å²) >= 11 is 0. The second kappa shape index (κ2) is 20.3. The molecule has 0 radical (unpaired) electrons. The van der Waals surface area contributed by atoms with Gasteiger partial charge in [-0.25, -0.2) is 19.9 Å². The van der Waals surface area contributed by atoms with Crippen LogP contribution in [0.15, 0.2) is 291 Å². The lowest BCUT2D eigenvalue weighted by Crippen LogP contribution is -1.97. The predicted octanol–water partition coefficient (Wildman–Crippen LogP) is 20.0. The molecule has 390 valence electrons. The van der Waals surface area contributed by atoms with Crippen molar-refractivity contribution in [3.8, 4) is 101 Å². The van der Waals surface area contributed by atoms with E-state index in [-0.39, 0.29) is 0 Å². The van der Waals surface area contributed by atoms with E-state index < -0.39 is 0 Å². The maximum absolute atomic E-state index is 5.38. The molecule has 0 unspecified atom stereocenters. The molecule has 0 spiro atoms. The van der Waals surface area contributed by atoms with Crippen molar-refractivity contribution in [2.45, 2.75) is 0 Å². The Labute approximate surface area is 484 Å². The highest BCUT2D eigenvalue weighted by Crippen LogP contribution is 2.39. The second-order valence-electron chi connectivity index (χ2n) is 21.4. The minimum atomic E-state index is 0.669. The van der Waals surface area contributed by atoms with Gasteiger partial charge in [-0.05, 0) is 95.3 Å². The summed E-state index contributed by atoms with van der Waals surface area (Å²) in [6, 6.07) is 98.5. The number of hydrogen-bond donors (Lipinski definition) is 0. The van der Waals surface area contributed by atoms with E-state index in [2.05, 4.69) is 279 Å². The van der Waals surface area contributed by atoms with E-state index in [1.807, 2.05) is 12.4 Å². The Morgan fingerprint density at radius 2 is 0.524 bits per heavy atom. The van der Waals surface area contributed by atoms with Crippen LogP contribution < -0.4 is 0 Å². The van der Waals surface area contributed by atoms with Gasteiger partial charge in [0.15, 0.2) is 11.6 Å². The number of hydrogen-bond acceptors (Lipinski definition) is 6. The molecule has 0 N–H and O–H groups in total. The highest BCUT2D eigenvalue weighted by molar-refractivity contribution is 6.14. The third kappa shape index (κ3) is 8.69. The van der Waals surface area contributed by atoms with Gasteiger partial charge in [0.2, 0.25) is 0 Å². The molecule has 4 aromatic heterocycles. The quantitative estimate of drug-likeness (QED) is 0.134. The molecular weight excluding hydrogens is 1020 g/mol. The van der Waals surface area contributed by atoms with E-state index in [0.717, 1.165) is 128 Å². The molecule has 16 rings (SSSR count). The molecule has 6 nitrogen and oxygen atoms in total. The standard InChI is InChI=1S/C78H48N6/c1-5-16-61-51(12-1)40-41-68-66(61)22-11-23-69(68)77-81-71(47-72(82-77)56-32-36-58(37-33-56)75-63-18-7-2-13-52(63)42-44-79-75)54-28-24-49(25-29-54)50-26-30-55(31-27-50)73-48-74(57-34-38-59(39-35-57)76-64-19-8-3-14-53(64)43-45-80-76)84-78(83-73)70-46-60-15-4-6-17-62(60)65-20-9-10-21-67(65)70/h1-48H. The molecule has 4 heterocycles. The Morgan fingerprint density at radius 3 is 1.00 bits per heavy atom. The molecule has 0 fully saturated rings. The summed E-state index contributed by atoms with van der Waals surface area (Å²) in [6.07, 6.45) is 3.77. The maximum Gasteiger partial charge on any atom is 0.161 e. The smallest absolute Gasteiger partial charge is 0.161 e. The van der Waals surface area contributed by atoms with Crippen LogP contribution >= 0.6 is 0 Å². The number of pyridine rings is 2. The predicted molar refractivity (Wildman–Crippen MR) is 347 cm³/mol. The normalized spacial score (nSPS) is 11.6. The Hall–Kier alpha value is -11.3. The highest BCUT2D eigenvalue weighted by Gasteiger charge is 2.18. The van der Waals surface area contributed by atoms with E-state index >= 15 is 0 Å². The molecular formula is C78H48N6. The Balaban J connectivity index is 0.762. The van der Waals surface area contributed by atoms with Crippen molar-refractivity contribution in [3.05, 3.63) is 291 Å². The summed E-state index contributed by atoms with van der Waals surface area (Å²) < 4.78 is 0. The van der Waals surface area contributed by atoms with Crippen molar-refractivity contribution in [1.29, 1.82) is 0 Å². The molecule has 0 aliphatic heterocycles. The number of nitrogens with zero attached hydrogens (tertiary/aromatic N) is 6. The number of benzene rings is 12. The molecule has 0 saturated heterocycles. The van der Waals surface area contributed by atoms with Gasteiger partial charge in [0, 0.05) is 67.7 Å². The van der Waals surface area contributed by atoms with Crippen molar-refractivity contribution in [2.75, 3.05) is 0 Å². The monoisotopic (exact) mass is 1070 g/mol. The van der Waals surface area contributed by atoms with Crippen molar-refractivity contribution in [1.82, 2.24) is 29.9 Å². The third-order valence-corrected chi connectivity index (χ3v) is 16.4. The average Bonchev–Trinajstić information content (AvgIpc) is 2.92. The molecule has 6 heteroatoms. The zero-order chi connectivity index (χ0) is 55.5. The lowest BCUT2D eigenvalue weighted by atomic mass is 9.96. The molecule has 0 bridgehead atoms. The van der Waals surface area contributed by atoms with Gasteiger partial charge in [0.25, 0.3) is 0 Å². The number of aromatic nitrogens is 6. The van der Waals surface area contributed by atoms with E-state index in [0.29, 0.717) is 11.6 Å². The summed E-state index contributed by atoms with van der Waals surface area (Å²) in [4.78, 5) is 31.1. The van der Waals surface area contributed by atoms with Crippen LogP contribution in [0.2, 0.25) is 0 Å². The van der Waals surface area contributed by atoms with Crippen LogP contribution in [0.25, 0.3) is 166 Å². The van der Waals surface area contributed by atoms with Crippen LogP contribution in [0, 0.1) is 0 Å². The minimum Gasteiger partial charge on any atom is -0.256 e. The Bertz CT molecular complexity index is 5220. The van der Waals surface area contributed by atoms with Gasteiger partial charge < -0.3 is 0 Å². The molecule has 12 aromatic carbocycles. The zero-order valence-electron chi connectivity index (χ0n) is 45.4. The van der Waals surface area contributed by atoms with E-state index in [4.69, 9.17) is 29.9 Å². The van der Waals surface area contributed by atoms with Crippen LogP contribution in [0.1, 0.15) is 0 Å². The molecule has 0 amide bonds. The Kier molecular flexibility index (Phi) is 11.8. The number of rotatable bonds is 9. The second-order valence-corrected chi connectivity index (χ2v) is 21.4. The summed E-state index contributed by atoms with van der Waals surface area (Å²) in [6.45, 7) is 0. The van der Waals surface area contributed by atoms with Gasteiger partial charge in [0.05, 0.1) is 34.2 Å². The fraction of sp³-hybridized carbons (Fsp3) is 0. The molecule has 0 atom stereocenters. The van der Waals surface area contributed by atoms with Crippen molar-refractivity contribution < 1.29 is 0 Å². The highest BCUT2D eigenvalue weighted by atomic mass is 14.9. The fourth-order valence-electron chi connectivity index (χ4n) is 12.2. The largest absolute Gasteiger partial charge is 0.256 e. The first-order valence-corrected chi connectivity index (χ1v) is 28.3. The van der Waals surface area contributed by atoms with Crippen LogP contribution in [0.5, 0.6) is 0 Å². The summed E-state index contributed by atoms with van der Waals surface area (Å²) in [5.41, 5.74) is 15.5. The van der Waals surface area contributed by atoms with E-state index in [9.17, 15) is 0 Å².